The van der Waals surface area contributed by atoms with Crippen molar-refractivity contribution in [3.8, 4) is 0 Å². The molecule has 3 heteroatoms. The lowest BCUT2D eigenvalue weighted by molar-refractivity contribution is 0.112. The maximum atomic E-state index is 10.5. The zero-order valence-corrected chi connectivity index (χ0v) is 11.2. The van der Waals surface area contributed by atoms with Gasteiger partial charge < -0.3 is 0 Å². The Morgan fingerprint density at radius 2 is 2.20 bits per heavy atom. The van der Waals surface area contributed by atoms with E-state index in [9.17, 15) is 4.79 Å². The molecular formula is C12H15BrOS. The van der Waals surface area contributed by atoms with E-state index in [-0.39, 0.29) is 0 Å². The lowest BCUT2D eigenvalue weighted by atomic mass is 10.2. The van der Waals surface area contributed by atoms with Crippen molar-refractivity contribution in [1.29, 1.82) is 0 Å². The van der Waals surface area contributed by atoms with Gasteiger partial charge in [-0.25, -0.2) is 0 Å². The Morgan fingerprint density at radius 1 is 1.40 bits per heavy atom. The Balaban J connectivity index is 2.50. The van der Waals surface area contributed by atoms with Gasteiger partial charge in [0.25, 0.3) is 0 Å². The van der Waals surface area contributed by atoms with Gasteiger partial charge in [-0.1, -0.05) is 25.8 Å². The fourth-order valence-corrected chi connectivity index (χ4v) is 2.91. The van der Waals surface area contributed by atoms with Crippen molar-refractivity contribution in [2.45, 2.75) is 31.1 Å². The number of carbonyl (C=O) groups excluding carboxylic acids is 1. The summed E-state index contributed by atoms with van der Waals surface area (Å²) >= 11 is 5.32. The molecule has 0 aromatic heterocycles. The van der Waals surface area contributed by atoms with Crippen LogP contribution in [0.2, 0.25) is 0 Å². The second-order valence-electron chi connectivity index (χ2n) is 3.36. The molecule has 0 fully saturated rings. The second kappa shape index (κ2) is 7.07. The molecule has 0 radical (unpaired) electrons. The minimum atomic E-state index is 0.722. The molecule has 0 N–H and O–H groups in total. The van der Waals surface area contributed by atoms with Crippen LogP contribution in [-0.2, 0) is 0 Å². The van der Waals surface area contributed by atoms with E-state index in [4.69, 9.17) is 0 Å². The molecule has 0 spiro atoms. The Morgan fingerprint density at radius 3 is 2.80 bits per heavy atom. The number of thioether (sulfide) groups is 1. The first-order chi connectivity index (χ1) is 7.27. The molecular weight excluding hydrogens is 272 g/mol. The van der Waals surface area contributed by atoms with Gasteiger partial charge in [-0.3, -0.25) is 4.79 Å². The van der Waals surface area contributed by atoms with Gasteiger partial charge in [-0.2, -0.15) is 0 Å². The van der Waals surface area contributed by atoms with Gasteiger partial charge >= 0.3 is 0 Å². The SMILES string of the molecule is CCCCCSc1ccc(C=O)cc1Br. The van der Waals surface area contributed by atoms with Crippen LogP contribution in [0.4, 0.5) is 0 Å². The van der Waals surface area contributed by atoms with Crippen LogP contribution < -0.4 is 0 Å². The fraction of sp³-hybridized carbons (Fsp3) is 0.417. The lowest BCUT2D eigenvalue weighted by Crippen LogP contribution is -1.84. The molecule has 0 aliphatic rings. The molecule has 0 aliphatic carbocycles. The smallest absolute Gasteiger partial charge is 0.150 e. The number of carbonyl (C=O) groups is 1. The van der Waals surface area contributed by atoms with E-state index in [2.05, 4.69) is 22.9 Å². The summed E-state index contributed by atoms with van der Waals surface area (Å²) in [5.74, 6) is 1.15. The summed E-state index contributed by atoms with van der Waals surface area (Å²) < 4.78 is 1.02. The highest BCUT2D eigenvalue weighted by atomic mass is 79.9. The molecule has 0 heterocycles. The third-order valence-corrected chi connectivity index (χ3v) is 4.18. The molecule has 1 aromatic carbocycles. The first kappa shape index (κ1) is 12.8. The van der Waals surface area contributed by atoms with Gasteiger partial charge in [0.2, 0.25) is 0 Å². The highest BCUT2D eigenvalue weighted by Crippen LogP contribution is 2.28. The molecule has 82 valence electrons. The van der Waals surface area contributed by atoms with Crippen LogP contribution in [0.5, 0.6) is 0 Å². The monoisotopic (exact) mass is 286 g/mol. The van der Waals surface area contributed by atoms with Crippen molar-refractivity contribution in [3.63, 3.8) is 0 Å². The number of hydrogen-bond acceptors (Lipinski definition) is 2. The van der Waals surface area contributed by atoms with Crippen molar-refractivity contribution >= 4 is 34.0 Å². The number of aldehydes is 1. The molecule has 0 amide bonds. The highest BCUT2D eigenvalue weighted by Gasteiger charge is 2.01. The third kappa shape index (κ3) is 4.39. The zero-order valence-electron chi connectivity index (χ0n) is 8.83. The van der Waals surface area contributed by atoms with Gasteiger partial charge in [0.1, 0.15) is 6.29 Å². The normalized spacial score (nSPS) is 10.3. The van der Waals surface area contributed by atoms with Crippen molar-refractivity contribution in [3.05, 3.63) is 28.2 Å². The van der Waals surface area contributed by atoms with Crippen LogP contribution in [0.1, 0.15) is 36.5 Å². The van der Waals surface area contributed by atoms with Crippen molar-refractivity contribution in [2.24, 2.45) is 0 Å². The highest BCUT2D eigenvalue weighted by molar-refractivity contribution is 9.10. The Kier molecular flexibility index (Phi) is 6.03. The van der Waals surface area contributed by atoms with Crippen molar-refractivity contribution in [1.82, 2.24) is 0 Å². The van der Waals surface area contributed by atoms with Crippen LogP contribution in [0.25, 0.3) is 0 Å². The maximum absolute atomic E-state index is 10.5. The van der Waals surface area contributed by atoms with E-state index in [1.165, 1.54) is 24.2 Å². The topological polar surface area (TPSA) is 17.1 Å². The summed E-state index contributed by atoms with van der Waals surface area (Å²) in [5.41, 5.74) is 0.722. The fourth-order valence-electron chi connectivity index (χ4n) is 1.24. The third-order valence-electron chi connectivity index (χ3n) is 2.10. The van der Waals surface area contributed by atoms with E-state index in [1.807, 2.05) is 30.0 Å². The number of hydrogen-bond donors (Lipinski definition) is 0. The van der Waals surface area contributed by atoms with Gasteiger partial charge in [0.05, 0.1) is 0 Å². The van der Waals surface area contributed by atoms with Gasteiger partial charge in [-0.15, -0.1) is 11.8 Å². The van der Waals surface area contributed by atoms with Crippen LogP contribution in [0.15, 0.2) is 27.6 Å². The summed E-state index contributed by atoms with van der Waals surface area (Å²) in [6.45, 7) is 2.21. The van der Waals surface area contributed by atoms with Gasteiger partial charge in [0.15, 0.2) is 0 Å². The van der Waals surface area contributed by atoms with E-state index >= 15 is 0 Å². The lowest BCUT2D eigenvalue weighted by Gasteiger charge is -2.04. The standard InChI is InChI=1S/C12H15BrOS/c1-2-3-4-7-15-12-6-5-10(9-14)8-11(12)13/h5-6,8-9H,2-4,7H2,1H3. The summed E-state index contributed by atoms with van der Waals surface area (Å²) in [5, 5.41) is 0. The van der Waals surface area contributed by atoms with E-state index < -0.39 is 0 Å². The molecule has 0 aliphatic heterocycles. The first-order valence-electron chi connectivity index (χ1n) is 5.15. The van der Waals surface area contributed by atoms with Crippen LogP contribution in [0, 0.1) is 0 Å². The molecule has 15 heavy (non-hydrogen) atoms. The van der Waals surface area contributed by atoms with Crippen LogP contribution in [0.3, 0.4) is 0 Å². The number of benzene rings is 1. The Labute approximate surface area is 104 Å². The van der Waals surface area contributed by atoms with Crippen molar-refractivity contribution in [2.75, 3.05) is 5.75 Å². The largest absolute Gasteiger partial charge is 0.298 e. The minimum Gasteiger partial charge on any atom is -0.298 e. The average Bonchev–Trinajstić information content (AvgIpc) is 2.26. The summed E-state index contributed by atoms with van der Waals surface area (Å²) in [7, 11) is 0. The summed E-state index contributed by atoms with van der Waals surface area (Å²) in [4.78, 5) is 11.8. The minimum absolute atomic E-state index is 0.722. The molecule has 0 bridgehead atoms. The molecule has 0 unspecified atom stereocenters. The van der Waals surface area contributed by atoms with Crippen LogP contribution in [-0.4, -0.2) is 12.0 Å². The summed E-state index contributed by atoms with van der Waals surface area (Å²) in [6, 6.07) is 5.74. The van der Waals surface area contributed by atoms with E-state index in [0.717, 1.165) is 22.1 Å². The number of halogens is 1. The van der Waals surface area contributed by atoms with Crippen molar-refractivity contribution < 1.29 is 4.79 Å². The quantitative estimate of drug-likeness (QED) is 0.434. The second-order valence-corrected chi connectivity index (χ2v) is 5.35. The summed E-state index contributed by atoms with van der Waals surface area (Å²) in [6.07, 6.45) is 4.67. The first-order valence-corrected chi connectivity index (χ1v) is 6.93. The average molecular weight is 287 g/mol. The van der Waals surface area contributed by atoms with Gasteiger partial charge in [0, 0.05) is 14.9 Å². The van der Waals surface area contributed by atoms with Gasteiger partial charge in [-0.05, 0) is 40.2 Å². The number of unbranched alkanes of at least 4 members (excludes halogenated alkanes) is 2. The predicted octanol–water partition coefficient (Wildman–Crippen LogP) is 4.54. The van der Waals surface area contributed by atoms with E-state index in [1.54, 1.807) is 0 Å². The molecule has 0 saturated heterocycles. The molecule has 1 rings (SSSR count). The van der Waals surface area contributed by atoms with E-state index in [0.29, 0.717) is 0 Å². The zero-order chi connectivity index (χ0) is 11.1. The Bertz CT molecular complexity index is 325. The molecule has 0 saturated carbocycles. The van der Waals surface area contributed by atoms with Crippen LogP contribution >= 0.6 is 27.7 Å². The maximum Gasteiger partial charge on any atom is 0.150 e. The molecule has 0 atom stereocenters. The Hall–Kier alpha value is -0.280. The molecule has 1 aromatic rings. The number of rotatable bonds is 6. The predicted molar refractivity (Wildman–Crippen MR) is 69.8 cm³/mol. The molecule has 1 nitrogen and oxygen atoms in total.